The molecule has 7 nitrogen and oxygen atoms in total. The van der Waals surface area contributed by atoms with Gasteiger partial charge in [-0.15, -0.1) is 0 Å². The Labute approximate surface area is 182 Å². The van der Waals surface area contributed by atoms with Crippen molar-refractivity contribution in [2.45, 2.75) is 6.18 Å². The Morgan fingerprint density at radius 2 is 1.53 bits per heavy atom. The number of nitriles is 1. The lowest BCUT2D eigenvalue weighted by atomic mass is 10.1. The topological polar surface area (TPSA) is 93.5 Å². The summed E-state index contributed by atoms with van der Waals surface area (Å²) in [7, 11) is 0. The molecule has 32 heavy (non-hydrogen) atoms. The van der Waals surface area contributed by atoms with Crippen molar-refractivity contribution in [3.05, 3.63) is 70.8 Å². The Balaban J connectivity index is 1.53. The monoisotopic (exact) mass is 444 g/mol. The predicted molar refractivity (Wildman–Crippen MR) is 107 cm³/mol. The SMILES string of the molecule is N#Cc1ccc(C(=O)NCC(=O)N2CCN(C(=O)c3ccccc3C(F)(F)F)CC2)cc1. The number of hydrogen-bond donors (Lipinski definition) is 1. The minimum Gasteiger partial charge on any atom is -0.343 e. The van der Waals surface area contributed by atoms with Crippen LogP contribution in [0.5, 0.6) is 0 Å². The summed E-state index contributed by atoms with van der Waals surface area (Å²) in [6.45, 7) is 0.196. The van der Waals surface area contributed by atoms with E-state index < -0.39 is 29.1 Å². The van der Waals surface area contributed by atoms with Crippen LogP contribution in [0.3, 0.4) is 0 Å². The number of carbonyl (C=O) groups is 3. The van der Waals surface area contributed by atoms with Crippen molar-refractivity contribution in [3.63, 3.8) is 0 Å². The lowest BCUT2D eigenvalue weighted by Gasteiger charge is -2.35. The van der Waals surface area contributed by atoms with Gasteiger partial charge in [-0.05, 0) is 36.4 Å². The maximum Gasteiger partial charge on any atom is 0.417 e. The van der Waals surface area contributed by atoms with Crippen molar-refractivity contribution in [1.82, 2.24) is 15.1 Å². The van der Waals surface area contributed by atoms with Gasteiger partial charge < -0.3 is 15.1 Å². The molecule has 1 N–H and O–H groups in total. The first-order chi connectivity index (χ1) is 15.2. The van der Waals surface area contributed by atoms with E-state index in [1.54, 1.807) is 0 Å². The van der Waals surface area contributed by atoms with Gasteiger partial charge in [-0.1, -0.05) is 12.1 Å². The zero-order valence-electron chi connectivity index (χ0n) is 16.9. The molecule has 1 aliphatic heterocycles. The molecular weight excluding hydrogens is 425 g/mol. The molecule has 3 rings (SSSR count). The van der Waals surface area contributed by atoms with Gasteiger partial charge in [-0.25, -0.2) is 0 Å². The molecule has 2 aromatic carbocycles. The van der Waals surface area contributed by atoms with E-state index in [9.17, 15) is 27.6 Å². The molecule has 0 atom stereocenters. The quantitative estimate of drug-likeness (QED) is 0.783. The zero-order chi connectivity index (χ0) is 23.3. The molecule has 0 aromatic heterocycles. The minimum atomic E-state index is -4.64. The first-order valence-corrected chi connectivity index (χ1v) is 9.72. The van der Waals surface area contributed by atoms with Crippen LogP contribution < -0.4 is 5.32 Å². The molecule has 1 fully saturated rings. The number of piperazine rings is 1. The summed E-state index contributed by atoms with van der Waals surface area (Å²) in [6.07, 6.45) is -4.64. The van der Waals surface area contributed by atoms with Crippen molar-refractivity contribution >= 4 is 17.7 Å². The fraction of sp³-hybridized carbons (Fsp3) is 0.273. The number of carbonyl (C=O) groups excluding carboxylic acids is 3. The van der Waals surface area contributed by atoms with Crippen molar-refractivity contribution in [3.8, 4) is 6.07 Å². The standard InChI is InChI=1S/C22H19F3N4O3/c23-22(24,25)18-4-2-1-3-17(18)21(32)29-11-9-28(10-12-29)19(30)14-27-20(31)16-7-5-15(13-26)6-8-16/h1-8H,9-12,14H2,(H,27,31). The number of halogens is 3. The van der Waals surface area contributed by atoms with Crippen LogP contribution in [-0.4, -0.2) is 60.2 Å². The molecule has 10 heteroatoms. The number of benzene rings is 2. The third kappa shape index (κ3) is 5.24. The summed E-state index contributed by atoms with van der Waals surface area (Å²) in [5.41, 5.74) is -0.707. The van der Waals surface area contributed by atoms with Crippen LogP contribution in [0.25, 0.3) is 0 Å². The highest BCUT2D eigenvalue weighted by Crippen LogP contribution is 2.32. The molecule has 0 bridgehead atoms. The number of alkyl halides is 3. The van der Waals surface area contributed by atoms with Gasteiger partial charge in [-0.2, -0.15) is 18.4 Å². The van der Waals surface area contributed by atoms with Gasteiger partial charge in [0.15, 0.2) is 0 Å². The largest absolute Gasteiger partial charge is 0.417 e. The van der Waals surface area contributed by atoms with Crippen LogP contribution >= 0.6 is 0 Å². The number of hydrogen-bond acceptors (Lipinski definition) is 4. The average molecular weight is 444 g/mol. The first-order valence-electron chi connectivity index (χ1n) is 9.72. The van der Waals surface area contributed by atoms with E-state index in [4.69, 9.17) is 5.26 Å². The van der Waals surface area contributed by atoms with Crippen molar-refractivity contribution in [2.75, 3.05) is 32.7 Å². The van der Waals surface area contributed by atoms with Crippen molar-refractivity contribution < 1.29 is 27.6 Å². The molecule has 1 saturated heterocycles. The molecular formula is C22H19F3N4O3. The molecule has 1 heterocycles. The van der Waals surface area contributed by atoms with Crippen LogP contribution in [0.1, 0.15) is 31.8 Å². The van der Waals surface area contributed by atoms with Crippen molar-refractivity contribution in [2.24, 2.45) is 0 Å². The third-order valence-corrected chi connectivity index (χ3v) is 5.06. The molecule has 0 radical (unpaired) electrons. The highest BCUT2D eigenvalue weighted by atomic mass is 19.4. The summed E-state index contributed by atoms with van der Waals surface area (Å²) in [5, 5.41) is 11.3. The Kier molecular flexibility index (Phi) is 6.78. The number of nitrogens with one attached hydrogen (secondary N) is 1. The second kappa shape index (κ2) is 9.51. The van der Waals surface area contributed by atoms with Gasteiger partial charge in [0, 0.05) is 31.7 Å². The first kappa shape index (κ1) is 22.8. The van der Waals surface area contributed by atoms with E-state index >= 15 is 0 Å². The maximum absolute atomic E-state index is 13.2. The molecule has 0 unspecified atom stereocenters. The lowest BCUT2D eigenvalue weighted by molar-refractivity contribution is -0.138. The molecule has 2 aromatic rings. The second-order valence-corrected chi connectivity index (χ2v) is 7.09. The summed E-state index contributed by atoms with van der Waals surface area (Å²) in [4.78, 5) is 39.8. The van der Waals surface area contributed by atoms with E-state index in [1.165, 1.54) is 46.2 Å². The fourth-order valence-electron chi connectivity index (χ4n) is 3.31. The highest BCUT2D eigenvalue weighted by molar-refractivity contribution is 5.97. The molecule has 1 aliphatic rings. The summed E-state index contributed by atoms with van der Waals surface area (Å²) >= 11 is 0. The fourth-order valence-corrected chi connectivity index (χ4v) is 3.31. The molecule has 0 aliphatic carbocycles. The van der Waals surface area contributed by atoms with Crippen molar-refractivity contribution in [1.29, 1.82) is 5.26 Å². The number of nitrogens with zero attached hydrogens (tertiary/aromatic N) is 3. The Bertz CT molecular complexity index is 1050. The van der Waals surface area contributed by atoms with E-state index in [0.29, 0.717) is 11.1 Å². The lowest BCUT2D eigenvalue weighted by Crippen LogP contribution is -2.52. The number of amides is 3. The number of rotatable bonds is 4. The summed E-state index contributed by atoms with van der Waals surface area (Å²) in [6, 6.07) is 12.5. The zero-order valence-corrected chi connectivity index (χ0v) is 16.9. The summed E-state index contributed by atoms with van der Waals surface area (Å²) < 4.78 is 39.5. The van der Waals surface area contributed by atoms with Crippen LogP contribution in [0.15, 0.2) is 48.5 Å². The normalized spacial score (nSPS) is 13.9. The van der Waals surface area contributed by atoms with Gasteiger partial charge >= 0.3 is 6.18 Å². The maximum atomic E-state index is 13.2. The third-order valence-electron chi connectivity index (χ3n) is 5.06. The summed E-state index contributed by atoms with van der Waals surface area (Å²) in [5.74, 6) is -1.57. The predicted octanol–water partition coefficient (Wildman–Crippen LogP) is 2.29. The highest BCUT2D eigenvalue weighted by Gasteiger charge is 2.36. The van der Waals surface area contributed by atoms with Gasteiger partial charge in [0.25, 0.3) is 11.8 Å². The molecule has 3 amide bonds. The van der Waals surface area contributed by atoms with Gasteiger partial charge in [-0.3, -0.25) is 14.4 Å². The Morgan fingerprint density at radius 3 is 2.12 bits per heavy atom. The van der Waals surface area contributed by atoms with E-state index in [-0.39, 0.29) is 38.6 Å². The van der Waals surface area contributed by atoms with Gasteiger partial charge in [0.1, 0.15) is 0 Å². The Morgan fingerprint density at radius 1 is 0.938 bits per heavy atom. The van der Waals surface area contributed by atoms with E-state index in [0.717, 1.165) is 12.1 Å². The molecule has 166 valence electrons. The minimum absolute atomic E-state index is 0.0837. The second-order valence-electron chi connectivity index (χ2n) is 7.09. The van der Waals surface area contributed by atoms with Crippen LogP contribution in [0.2, 0.25) is 0 Å². The Hall–Kier alpha value is -3.87. The van der Waals surface area contributed by atoms with Gasteiger partial charge in [0.2, 0.25) is 5.91 Å². The van der Waals surface area contributed by atoms with Gasteiger partial charge in [0.05, 0.1) is 29.3 Å². The smallest absolute Gasteiger partial charge is 0.343 e. The molecule has 0 spiro atoms. The average Bonchev–Trinajstić information content (AvgIpc) is 2.81. The van der Waals surface area contributed by atoms with Crippen LogP contribution in [0.4, 0.5) is 13.2 Å². The van der Waals surface area contributed by atoms with E-state index in [2.05, 4.69) is 5.32 Å². The van der Waals surface area contributed by atoms with Crippen LogP contribution in [-0.2, 0) is 11.0 Å². The molecule has 0 saturated carbocycles. The van der Waals surface area contributed by atoms with Crippen LogP contribution in [0, 0.1) is 11.3 Å². The van der Waals surface area contributed by atoms with E-state index in [1.807, 2.05) is 6.07 Å².